The second-order valence-corrected chi connectivity index (χ2v) is 10.2. The van der Waals surface area contributed by atoms with Crippen LogP contribution >= 0.6 is 0 Å². The summed E-state index contributed by atoms with van der Waals surface area (Å²) >= 11 is 0. The second-order valence-electron chi connectivity index (χ2n) is 8.18. The van der Waals surface area contributed by atoms with E-state index in [1.54, 1.807) is 0 Å². The van der Waals surface area contributed by atoms with E-state index in [1.165, 1.54) is 16.1 Å². The number of nitrogens with zero attached hydrogens (tertiary/aromatic N) is 2. The zero-order valence-corrected chi connectivity index (χ0v) is 16.7. The summed E-state index contributed by atoms with van der Waals surface area (Å²) in [6, 6.07) is 8.15. The van der Waals surface area contributed by atoms with Gasteiger partial charge in [-0.3, -0.25) is 4.79 Å². The highest BCUT2D eigenvalue weighted by atomic mass is 32.2. The van der Waals surface area contributed by atoms with E-state index in [9.17, 15) is 13.2 Å². The third kappa shape index (κ3) is 3.91. The fraction of sp³-hybridized carbons (Fsp3) is 0.650. The molecule has 1 amide bonds. The maximum atomic E-state index is 12.9. The number of amides is 1. The Labute approximate surface area is 161 Å². The Hall–Kier alpha value is -1.44. The lowest BCUT2D eigenvalue weighted by molar-refractivity contribution is -0.131. The molecule has 6 nitrogen and oxygen atoms in total. The number of carbonyl (C=O) groups is 1. The SMILES string of the molecule is CS(=O)(=O)N1CCC2(CC1)CC(CC(=O)N1CCc3ccccc31)CCO2. The average molecular weight is 393 g/mol. The summed E-state index contributed by atoms with van der Waals surface area (Å²) in [7, 11) is -3.14. The highest BCUT2D eigenvalue weighted by Gasteiger charge is 2.42. The minimum atomic E-state index is -3.14. The van der Waals surface area contributed by atoms with Gasteiger partial charge in [0.15, 0.2) is 0 Å². The van der Waals surface area contributed by atoms with Gasteiger partial charge in [0.2, 0.25) is 15.9 Å². The number of carbonyl (C=O) groups excluding carboxylic acids is 1. The number of fused-ring (bicyclic) bond motifs is 1. The number of hydrogen-bond acceptors (Lipinski definition) is 4. The number of sulfonamides is 1. The van der Waals surface area contributed by atoms with E-state index in [1.807, 2.05) is 23.1 Å². The van der Waals surface area contributed by atoms with Crippen LogP contribution in [0.2, 0.25) is 0 Å². The normalized spacial score (nSPS) is 25.5. The van der Waals surface area contributed by atoms with Crippen LogP contribution in [0.5, 0.6) is 0 Å². The second kappa shape index (κ2) is 7.18. The number of piperidine rings is 1. The fourth-order valence-corrected chi connectivity index (χ4v) is 5.68. The summed E-state index contributed by atoms with van der Waals surface area (Å²) in [5.41, 5.74) is 2.06. The molecule has 0 radical (unpaired) electrons. The van der Waals surface area contributed by atoms with Crippen LogP contribution in [0.1, 0.15) is 37.7 Å². The van der Waals surface area contributed by atoms with Gasteiger partial charge in [-0.25, -0.2) is 12.7 Å². The zero-order valence-electron chi connectivity index (χ0n) is 15.9. The van der Waals surface area contributed by atoms with Gasteiger partial charge in [0.1, 0.15) is 0 Å². The highest BCUT2D eigenvalue weighted by Crippen LogP contribution is 2.40. The van der Waals surface area contributed by atoms with E-state index in [0.717, 1.165) is 44.3 Å². The summed E-state index contributed by atoms with van der Waals surface area (Å²) in [6.45, 7) is 2.46. The Morgan fingerprint density at radius 2 is 1.96 bits per heavy atom. The smallest absolute Gasteiger partial charge is 0.227 e. The maximum absolute atomic E-state index is 12.9. The highest BCUT2D eigenvalue weighted by molar-refractivity contribution is 7.88. The van der Waals surface area contributed by atoms with Crippen molar-refractivity contribution in [3.8, 4) is 0 Å². The first-order valence-corrected chi connectivity index (χ1v) is 11.7. The molecule has 3 aliphatic rings. The minimum Gasteiger partial charge on any atom is -0.375 e. The summed E-state index contributed by atoms with van der Waals surface area (Å²) in [6.07, 6.45) is 5.94. The van der Waals surface area contributed by atoms with Crippen LogP contribution in [-0.4, -0.2) is 56.7 Å². The summed E-state index contributed by atoms with van der Waals surface area (Å²) in [5, 5.41) is 0. The molecule has 0 aliphatic carbocycles. The number of ether oxygens (including phenoxy) is 1. The Morgan fingerprint density at radius 3 is 2.70 bits per heavy atom. The van der Waals surface area contributed by atoms with Gasteiger partial charge in [-0.05, 0) is 49.7 Å². The summed E-state index contributed by atoms with van der Waals surface area (Å²) < 4.78 is 31.2. The maximum Gasteiger partial charge on any atom is 0.227 e. The lowest BCUT2D eigenvalue weighted by Gasteiger charge is -2.45. The molecule has 2 saturated heterocycles. The van der Waals surface area contributed by atoms with Crippen molar-refractivity contribution >= 4 is 21.6 Å². The molecule has 1 spiro atoms. The number of hydrogen-bond donors (Lipinski definition) is 0. The predicted octanol–water partition coefficient (Wildman–Crippen LogP) is 2.19. The van der Waals surface area contributed by atoms with Gasteiger partial charge in [0.25, 0.3) is 0 Å². The molecule has 1 unspecified atom stereocenters. The number of anilines is 1. The van der Waals surface area contributed by atoms with Crippen molar-refractivity contribution in [3.63, 3.8) is 0 Å². The van der Waals surface area contributed by atoms with E-state index < -0.39 is 10.0 Å². The van der Waals surface area contributed by atoms with Crippen LogP contribution in [0.3, 0.4) is 0 Å². The molecule has 0 aromatic heterocycles. The molecule has 0 N–H and O–H groups in total. The third-order valence-electron chi connectivity index (χ3n) is 6.35. The minimum absolute atomic E-state index is 0.204. The fourth-order valence-electron chi connectivity index (χ4n) is 4.83. The van der Waals surface area contributed by atoms with Crippen molar-refractivity contribution in [2.75, 3.05) is 37.4 Å². The van der Waals surface area contributed by atoms with Gasteiger partial charge in [-0.1, -0.05) is 18.2 Å². The van der Waals surface area contributed by atoms with Crippen molar-refractivity contribution < 1.29 is 17.9 Å². The van der Waals surface area contributed by atoms with Gasteiger partial charge in [0.05, 0.1) is 11.9 Å². The van der Waals surface area contributed by atoms with E-state index in [-0.39, 0.29) is 11.5 Å². The van der Waals surface area contributed by atoms with Crippen molar-refractivity contribution in [2.45, 2.75) is 44.1 Å². The standard InChI is InChI=1S/C20H28N2O4S/c1-27(24,25)21-11-8-20(9-12-21)15-16(7-13-26-20)14-19(23)22-10-6-17-4-2-3-5-18(17)22/h2-5,16H,6-15H2,1H3. The van der Waals surface area contributed by atoms with Crippen LogP contribution in [0.15, 0.2) is 24.3 Å². The van der Waals surface area contributed by atoms with Crippen LogP contribution in [-0.2, 0) is 26.0 Å². The van der Waals surface area contributed by atoms with Gasteiger partial charge in [0, 0.05) is 38.3 Å². The molecule has 1 aromatic carbocycles. The van der Waals surface area contributed by atoms with Crippen LogP contribution in [0.25, 0.3) is 0 Å². The van der Waals surface area contributed by atoms with Crippen molar-refractivity contribution in [1.29, 1.82) is 0 Å². The Bertz CT molecular complexity index is 815. The van der Waals surface area contributed by atoms with E-state index in [0.29, 0.717) is 32.0 Å². The summed E-state index contributed by atoms with van der Waals surface area (Å²) in [4.78, 5) is 14.9. The Kier molecular flexibility index (Phi) is 5.03. The molecule has 2 fully saturated rings. The third-order valence-corrected chi connectivity index (χ3v) is 7.65. The van der Waals surface area contributed by atoms with E-state index in [2.05, 4.69) is 6.07 Å². The largest absolute Gasteiger partial charge is 0.375 e. The van der Waals surface area contributed by atoms with Crippen LogP contribution < -0.4 is 4.90 Å². The number of rotatable bonds is 3. The molecule has 148 valence electrons. The lowest BCUT2D eigenvalue weighted by Crippen LogP contribution is -2.50. The molecule has 0 bridgehead atoms. The topological polar surface area (TPSA) is 66.9 Å². The molecule has 27 heavy (non-hydrogen) atoms. The van der Waals surface area contributed by atoms with Gasteiger partial charge in [-0.2, -0.15) is 0 Å². The van der Waals surface area contributed by atoms with Crippen LogP contribution in [0, 0.1) is 5.92 Å². The van der Waals surface area contributed by atoms with Crippen molar-refractivity contribution in [3.05, 3.63) is 29.8 Å². The van der Waals surface area contributed by atoms with Crippen molar-refractivity contribution in [1.82, 2.24) is 4.31 Å². The van der Waals surface area contributed by atoms with E-state index in [4.69, 9.17) is 4.74 Å². The molecule has 3 heterocycles. The molecule has 1 aromatic rings. The predicted molar refractivity (Wildman–Crippen MR) is 104 cm³/mol. The molecule has 7 heteroatoms. The average Bonchev–Trinajstić information content (AvgIpc) is 3.05. The van der Waals surface area contributed by atoms with E-state index >= 15 is 0 Å². The Morgan fingerprint density at radius 1 is 1.22 bits per heavy atom. The van der Waals surface area contributed by atoms with Crippen LogP contribution in [0.4, 0.5) is 5.69 Å². The van der Waals surface area contributed by atoms with Crippen molar-refractivity contribution in [2.24, 2.45) is 5.92 Å². The first-order chi connectivity index (χ1) is 12.9. The molecular formula is C20H28N2O4S. The monoisotopic (exact) mass is 392 g/mol. The number of para-hydroxylation sites is 1. The molecule has 1 atom stereocenters. The lowest BCUT2D eigenvalue weighted by atomic mass is 9.78. The molecule has 4 rings (SSSR count). The quantitative estimate of drug-likeness (QED) is 0.791. The van der Waals surface area contributed by atoms with Gasteiger partial charge >= 0.3 is 0 Å². The first-order valence-electron chi connectivity index (χ1n) is 9.84. The molecular weight excluding hydrogens is 364 g/mol. The Balaban J connectivity index is 1.38. The molecule has 0 saturated carbocycles. The molecule has 3 aliphatic heterocycles. The summed E-state index contributed by atoms with van der Waals surface area (Å²) in [5.74, 6) is 0.513. The zero-order chi connectivity index (χ0) is 19.1. The van der Waals surface area contributed by atoms with Gasteiger partial charge < -0.3 is 9.64 Å². The number of benzene rings is 1. The van der Waals surface area contributed by atoms with Gasteiger partial charge in [-0.15, -0.1) is 0 Å². The first kappa shape index (κ1) is 18.9.